The van der Waals surface area contributed by atoms with Gasteiger partial charge in [-0.25, -0.2) is 8.42 Å². The average Bonchev–Trinajstić information content (AvgIpc) is 2.69. The smallest absolute Gasteiger partial charge is 0.349 e. The van der Waals surface area contributed by atoms with Crippen molar-refractivity contribution in [1.29, 1.82) is 0 Å². The van der Waals surface area contributed by atoms with Crippen LogP contribution in [0.5, 0.6) is 0 Å². The van der Waals surface area contributed by atoms with Crippen molar-refractivity contribution in [2.75, 3.05) is 12.8 Å². The van der Waals surface area contributed by atoms with E-state index in [-0.39, 0.29) is 12.5 Å². The van der Waals surface area contributed by atoms with E-state index in [1.54, 1.807) is 30.3 Å². The van der Waals surface area contributed by atoms with Gasteiger partial charge in [0.2, 0.25) is 0 Å². The van der Waals surface area contributed by atoms with Crippen LogP contribution in [0.15, 0.2) is 72.1 Å². The van der Waals surface area contributed by atoms with E-state index in [0.717, 1.165) is 40.1 Å². The maximum atomic E-state index is 12.8. The predicted octanol–water partition coefficient (Wildman–Crippen LogP) is 4.81. The van der Waals surface area contributed by atoms with Gasteiger partial charge < -0.3 is 5.32 Å². The number of halogens is 3. The van der Waals surface area contributed by atoms with Crippen LogP contribution in [0.1, 0.15) is 15.9 Å². The molecule has 0 aromatic heterocycles. The fourth-order valence-electron chi connectivity index (χ4n) is 2.99. The second kappa shape index (κ2) is 8.31. The molecule has 0 fully saturated rings. The third-order valence-corrected chi connectivity index (χ3v) is 5.08. The lowest BCUT2D eigenvalue weighted by Gasteiger charge is -2.11. The van der Waals surface area contributed by atoms with Gasteiger partial charge in [-0.15, -0.1) is 0 Å². The zero-order valence-corrected chi connectivity index (χ0v) is 16.7. The van der Waals surface area contributed by atoms with E-state index >= 15 is 0 Å². The van der Waals surface area contributed by atoms with Gasteiger partial charge in [0.05, 0.1) is 5.56 Å². The number of carbonyl (C=O) groups is 1. The van der Waals surface area contributed by atoms with Crippen LogP contribution in [-0.4, -0.2) is 27.1 Å². The van der Waals surface area contributed by atoms with Crippen molar-refractivity contribution in [2.45, 2.75) is 6.18 Å². The standard InChI is InChI=1S/C22H18F3NO3S/c1-30(28,29)13-3-12-26-21(27)17-8-11-20-16(14-17)4-2-5-19(20)15-6-9-18(10-7-15)22(23,24)25/h2-11,13-14H,12H2,1H3,(H,26,27)/b13-3+. The van der Waals surface area contributed by atoms with E-state index in [1.165, 1.54) is 18.2 Å². The molecule has 0 heterocycles. The summed E-state index contributed by atoms with van der Waals surface area (Å²) < 4.78 is 60.5. The van der Waals surface area contributed by atoms with Gasteiger partial charge in [0.25, 0.3) is 5.91 Å². The van der Waals surface area contributed by atoms with Crippen LogP contribution in [0.2, 0.25) is 0 Å². The minimum Gasteiger partial charge on any atom is -0.349 e. The molecular formula is C22H18F3NO3S. The normalized spacial score (nSPS) is 12.4. The van der Waals surface area contributed by atoms with Crippen molar-refractivity contribution in [1.82, 2.24) is 5.32 Å². The molecule has 156 valence electrons. The van der Waals surface area contributed by atoms with E-state index < -0.39 is 21.6 Å². The molecule has 0 aliphatic carbocycles. The molecule has 30 heavy (non-hydrogen) atoms. The first kappa shape index (κ1) is 21.6. The van der Waals surface area contributed by atoms with E-state index in [2.05, 4.69) is 5.32 Å². The minimum atomic E-state index is -4.39. The monoisotopic (exact) mass is 433 g/mol. The van der Waals surface area contributed by atoms with Crippen LogP contribution in [0.3, 0.4) is 0 Å². The summed E-state index contributed by atoms with van der Waals surface area (Å²) in [6.45, 7) is 0.0650. The second-order valence-electron chi connectivity index (χ2n) is 6.73. The Hall–Kier alpha value is -3.13. The van der Waals surface area contributed by atoms with Crippen LogP contribution < -0.4 is 5.32 Å². The molecule has 0 saturated carbocycles. The Morgan fingerprint density at radius 1 is 1.03 bits per heavy atom. The highest BCUT2D eigenvalue weighted by molar-refractivity contribution is 7.93. The third-order valence-electron chi connectivity index (χ3n) is 4.39. The molecule has 0 spiro atoms. The first-order chi connectivity index (χ1) is 14.0. The second-order valence-corrected chi connectivity index (χ2v) is 8.66. The van der Waals surface area contributed by atoms with Crippen LogP contribution in [0.4, 0.5) is 13.2 Å². The van der Waals surface area contributed by atoms with Gasteiger partial charge in [-0.3, -0.25) is 4.79 Å². The molecule has 8 heteroatoms. The Balaban J connectivity index is 1.85. The largest absolute Gasteiger partial charge is 0.416 e. The summed E-state index contributed by atoms with van der Waals surface area (Å²) in [4.78, 5) is 12.3. The van der Waals surface area contributed by atoms with Crippen LogP contribution >= 0.6 is 0 Å². The number of amides is 1. The Labute approximate surface area is 172 Å². The summed E-state index contributed by atoms with van der Waals surface area (Å²) in [6.07, 6.45) is -1.99. The number of nitrogens with one attached hydrogen (secondary N) is 1. The summed E-state index contributed by atoms with van der Waals surface area (Å²) in [5, 5.41) is 5.18. The van der Waals surface area contributed by atoms with Gasteiger partial charge in [-0.05, 0) is 46.2 Å². The number of rotatable bonds is 5. The van der Waals surface area contributed by atoms with Gasteiger partial charge in [0.1, 0.15) is 0 Å². The molecule has 1 N–H and O–H groups in total. The SMILES string of the molecule is CS(=O)(=O)/C=C/CNC(=O)c1ccc2c(-c3ccc(C(F)(F)F)cc3)cccc2c1. The van der Waals surface area contributed by atoms with Crippen molar-refractivity contribution in [2.24, 2.45) is 0 Å². The van der Waals surface area contributed by atoms with Gasteiger partial charge in [-0.2, -0.15) is 13.2 Å². The molecule has 1 amide bonds. The van der Waals surface area contributed by atoms with Crippen LogP contribution in [-0.2, 0) is 16.0 Å². The molecule has 0 bridgehead atoms. The fourth-order valence-corrected chi connectivity index (χ4v) is 3.44. The van der Waals surface area contributed by atoms with Crippen molar-refractivity contribution in [3.8, 4) is 11.1 Å². The topological polar surface area (TPSA) is 63.2 Å². The molecule has 0 radical (unpaired) electrons. The Morgan fingerprint density at radius 2 is 1.73 bits per heavy atom. The minimum absolute atomic E-state index is 0.0650. The van der Waals surface area contributed by atoms with E-state index in [1.807, 2.05) is 6.07 Å². The highest BCUT2D eigenvalue weighted by Gasteiger charge is 2.30. The Bertz CT molecular complexity index is 1210. The van der Waals surface area contributed by atoms with Crippen LogP contribution in [0.25, 0.3) is 21.9 Å². The van der Waals surface area contributed by atoms with E-state index in [9.17, 15) is 26.4 Å². The Morgan fingerprint density at radius 3 is 2.37 bits per heavy atom. The molecule has 4 nitrogen and oxygen atoms in total. The summed E-state index contributed by atoms with van der Waals surface area (Å²) >= 11 is 0. The molecule has 0 unspecified atom stereocenters. The number of sulfone groups is 1. The van der Waals surface area contributed by atoms with E-state index in [0.29, 0.717) is 11.1 Å². The first-order valence-electron chi connectivity index (χ1n) is 8.90. The molecule has 0 aliphatic rings. The molecule has 3 aromatic rings. The zero-order chi connectivity index (χ0) is 21.9. The predicted molar refractivity (Wildman–Crippen MR) is 111 cm³/mol. The summed E-state index contributed by atoms with van der Waals surface area (Å²) in [5.41, 5.74) is 1.07. The maximum absolute atomic E-state index is 12.8. The van der Waals surface area contributed by atoms with Crippen LogP contribution in [0, 0.1) is 0 Å². The van der Waals surface area contributed by atoms with Crippen molar-refractivity contribution < 1.29 is 26.4 Å². The molecular weight excluding hydrogens is 415 g/mol. The van der Waals surface area contributed by atoms with Gasteiger partial charge >= 0.3 is 6.18 Å². The van der Waals surface area contributed by atoms with Crippen molar-refractivity contribution in [3.63, 3.8) is 0 Å². The number of fused-ring (bicyclic) bond motifs is 1. The molecule has 0 atom stereocenters. The number of hydrogen-bond donors (Lipinski definition) is 1. The maximum Gasteiger partial charge on any atom is 0.416 e. The average molecular weight is 433 g/mol. The molecule has 3 rings (SSSR count). The van der Waals surface area contributed by atoms with Crippen molar-refractivity contribution in [3.05, 3.63) is 83.3 Å². The molecule has 3 aromatic carbocycles. The lowest BCUT2D eigenvalue weighted by Crippen LogP contribution is -2.23. The number of carbonyl (C=O) groups excluding carboxylic acids is 1. The summed E-state index contributed by atoms with van der Waals surface area (Å²) in [5.74, 6) is -0.366. The lowest BCUT2D eigenvalue weighted by molar-refractivity contribution is -0.137. The first-order valence-corrected chi connectivity index (χ1v) is 10.9. The lowest BCUT2D eigenvalue weighted by atomic mass is 9.96. The summed E-state index contributed by atoms with van der Waals surface area (Å²) in [7, 11) is -3.25. The van der Waals surface area contributed by atoms with Gasteiger partial charge in [0.15, 0.2) is 9.84 Å². The Kier molecular flexibility index (Phi) is 5.98. The highest BCUT2D eigenvalue weighted by atomic mass is 32.2. The third kappa shape index (κ3) is 5.27. The number of alkyl halides is 3. The van der Waals surface area contributed by atoms with Gasteiger partial charge in [-0.1, -0.05) is 42.5 Å². The quantitative estimate of drug-likeness (QED) is 0.628. The molecule has 0 aliphatic heterocycles. The number of benzene rings is 3. The number of hydrogen-bond acceptors (Lipinski definition) is 3. The molecule has 0 saturated heterocycles. The van der Waals surface area contributed by atoms with Gasteiger partial charge in [0, 0.05) is 23.8 Å². The van der Waals surface area contributed by atoms with Crippen molar-refractivity contribution >= 4 is 26.5 Å². The summed E-state index contributed by atoms with van der Waals surface area (Å²) in [6, 6.07) is 15.3. The van der Waals surface area contributed by atoms with E-state index in [4.69, 9.17) is 0 Å². The zero-order valence-electron chi connectivity index (χ0n) is 15.9. The fraction of sp³-hybridized carbons (Fsp3) is 0.136. The highest BCUT2D eigenvalue weighted by Crippen LogP contribution is 2.33.